The van der Waals surface area contributed by atoms with Gasteiger partial charge < -0.3 is 10.1 Å². The summed E-state index contributed by atoms with van der Waals surface area (Å²) in [6.45, 7) is 7.75. The van der Waals surface area contributed by atoms with Crippen LogP contribution in [0.3, 0.4) is 0 Å². The number of hydrogen-bond donors (Lipinski definition) is 1. The number of aryl methyl sites for hydroxylation is 1. The van der Waals surface area contributed by atoms with Gasteiger partial charge in [-0.3, -0.25) is 4.79 Å². The molecule has 0 aliphatic heterocycles. The fourth-order valence-corrected chi connectivity index (χ4v) is 4.56. The number of anilines is 1. The first-order valence-corrected chi connectivity index (χ1v) is 10.8. The van der Waals surface area contributed by atoms with E-state index in [1.807, 2.05) is 19.1 Å². The number of benzene rings is 2. The number of rotatable bonds is 8. The Morgan fingerprint density at radius 2 is 1.75 bits per heavy atom. The van der Waals surface area contributed by atoms with Crippen LogP contribution < -0.4 is 10.1 Å². The van der Waals surface area contributed by atoms with Crippen LogP contribution in [-0.2, 0) is 14.8 Å². The number of ether oxygens (including phenoxy) is 1. The van der Waals surface area contributed by atoms with Crippen LogP contribution >= 0.6 is 11.6 Å². The summed E-state index contributed by atoms with van der Waals surface area (Å²) >= 11 is 6.11. The molecule has 1 unspecified atom stereocenters. The van der Waals surface area contributed by atoms with Crippen molar-refractivity contribution in [3.05, 3.63) is 53.1 Å². The standard InChI is InChI=1S/C20H25ClN2O4S/c1-5-23(6-2)28(25,26)19-13-16(9-12-18(19)21)22-20(24)15(4)27-17-10-7-14(3)8-11-17/h7-13,15H,5-6H2,1-4H3,(H,22,24). The van der Waals surface area contributed by atoms with Gasteiger partial charge in [-0.15, -0.1) is 0 Å². The highest BCUT2D eigenvalue weighted by molar-refractivity contribution is 7.89. The summed E-state index contributed by atoms with van der Waals surface area (Å²) in [5.74, 6) is 0.184. The van der Waals surface area contributed by atoms with Gasteiger partial charge in [0, 0.05) is 18.8 Å². The minimum Gasteiger partial charge on any atom is -0.481 e. The van der Waals surface area contributed by atoms with Crippen LogP contribution in [0.5, 0.6) is 5.75 Å². The molecule has 6 nitrogen and oxygen atoms in total. The molecule has 2 aromatic carbocycles. The van der Waals surface area contributed by atoms with E-state index >= 15 is 0 Å². The van der Waals surface area contributed by atoms with Gasteiger partial charge in [-0.2, -0.15) is 4.31 Å². The third-order valence-electron chi connectivity index (χ3n) is 4.23. The molecule has 0 heterocycles. The lowest BCUT2D eigenvalue weighted by Gasteiger charge is -2.20. The minimum absolute atomic E-state index is 0.0391. The third-order valence-corrected chi connectivity index (χ3v) is 6.76. The summed E-state index contributed by atoms with van der Waals surface area (Å²) in [5, 5.41) is 2.79. The molecule has 0 fully saturated rings. The summed E-state index contributed by atoms with van der Waals surface area (Å²) in [4.78, 5) is 12.4. The molecule has 0 radical (unpaired) electrons. The van der Waals surface area contributed by atoms with E-state index in [9.17, 15) is 13.2 Å². The van der Waals surface area contributed by atoms with Crippen molar-refractivity contribution in [3.8, 4) is 5.75 Å². The van der Waals surface area contributed by atoms with E-state index in [0.717, 1.165) is 5.56 Å². The molecule has 1 atom stereocenters. The zero-order valence-electron chi connectivity index (χ0n) is 16.4. The number of carbonyl (C=O) groups is 1. The SMILES string of the molecule is CCN(CC)S(=O)(=O)c1cc(NC(=O)C(C)Oc2ccc(C)cc2)ccc1Cl. The van der Waals surface area contributed by atoms with Crippen molar-refractivity contribution < 1.29 is 17.9 Å². The van der Waals surface area contributed by atoms with Crippen molar-refractivity contribution in [1.29, 1.82) is 0 Å². The summed E-state index contributed by atoms with van der Waals surface area (Å²) in [6, 6.07) is 11.7. The Morgan fingerprint density at radius 3 is 2.32 bits per heavy atom. The maximum absolute atomic E-state index is 12.8. The predicted octanol–water partition coefficient (Wildman–Crippen LogP) is 4.08. The molecule has 0 aromatic heterocycles. The van der Waals surface area contributed by atoms with Gasteiger partial charge in [0.15, 0.2) is 6.10 Å². The minimum atomic E-state index is -3.74. The number of hydrogen-bond acceptors (Lipinski definition) is 4. The fraction of sp³-hybridized carbons (Fsp3) is 0.350. The smallest absolute Gasteiger partial charge is 0.265 e. The molecule has 0 aliphatic carbocycles. The Hall–Kier alpha value is -2.09. The lowest BCUT2D eigenvalue weighted by atomic mass is 10.2. The summed E-state index contributed by atoms with van der Waals surface area (Å²) in [6.07, 6.45) is -0.763. The van der Waals surface area contributed by atoms with Gasteiger partial charge in [-0.05, 0) is 44.2 Å². The lowest BCUT2D eigenvalue weighted by molar-refractivity contribution is -0.122. The molecule has 8 heteroatoms. The Bertz CT molecular complexity index is 926. The van der Waals surface area contributed by atoms with Crippen molar-refractivity contribution in [2.75, 3.05) is 18.4 Å². The average Bonchev–Trinajstić information content (AvgIpc) is 2.65. The van der Waals surface area contributed by atoms with E-state index in [2.05, 4.69) is 5.32 Å². The normalized spacial score (nSPS) is 12.6. The second-order valence-corrected chi connectivity index (χ2v) is 8.61. The topological polar surface area (TPSA) is 75.7 Å². The van der Waals surface area contributed by atoms with Gasteiger partial charge in [0.05, 0.1) is 5.02 Å². The van der Waals surface area contributed by atoms with Crippen LogP contribution in [0, 0.1) is 6.92 Å². The molecule has 1 amide bonds. The van der Waals surface area contributed by atoms with Crippen LogP contribution in [0.25, 0.3) is 0 Å². The van der Waals surface area contributed by atoms with Gasteiger partial charge in [0.25, 0.3) is 5.91 Å². The van der Waals surface area contributed by atoms with Crippen LogP contribution in [0.15, 0.2) is 47.4 Å². The molecule has 2 rings (SSSR count). The molecule has 2 aromatic rings. The van der Waals surface area contributed by atoms with Crippen molar-refractivity contribution >= 4 is 33.2 Å². The molecule has 0 aliphatic rings. The molecular weight excluding hydrogens is 400 g/mol. The quantitative estimate of drug-likeness (QED) is 0.692. The van der Waals surface area contributed by atoms with Crippen LogP contribution in [0.2, 0.25) is 5.02 Å². The summed E-state index contributed by atoms with van der Waals surface area (Å²) in [5.41, 5.74) is 1.42. The van der Waals surface area contributed by atoms with Gasteiger partial charge in [0.2, 0.25) is 10.0 Å². The van der Waals surface area contributed by atoms with Crippen molar-refractivity contribution in [1.82, 2.24) is 4.31 Å². The summed E-state index contributed by atoms with van der Waals surface area (Å²) in [7, 11) is -3.74. The third kappa shape index (κ3) is 5.25. The van der Waals surface area contributed by atoms with Gasteiger partial charge in [0.1, 0.15) is 10.6 Å². The van der Waals surface area contributed by atoms with Gasteiger partial charge in [-0.1, -0.05) is 43.1 Å². The predicted molar refractivity (Wildman–Crippen MR) is 111 cm³/mol. The highest BCUT2D eigenvalue weighted by atomic mass is 35.5. The molecule has 0 spiro atoms. The Labute approximate surface area is 171 Å². The van der Waals surface area contributed by atoms with E-state index in [0.29, 0.717) is 24.5 Å². The van der Waals surface area contributed by atoms with Crippen molar-refractivity contribution in [2.45, 2.75) is 38.7 Å². The Balaban J connectivity index is 2.17. The van der Waals surface area contributed by atoms with Crippen LogP contribution in [0.1, 0.15) is 26.3 Å². The van der Waals surface area contributed by atoms with Gasteiger partial charge in [-0.25, -0.2) is 8.42 Å². The average molecular weight is 425 g/mol. The number of nitrogens with zero attached hydrogens (tertiary/aromatic N) is 1. The number of amides is 1. The first-order valence-electron chi connectivity index (χ1n) is 9.03. The van der Waals surface area contributed by atoms with Crippen molar-refractivity contribution in [2.24, 2.45) is 0 Å². The van der Waals surface area contributed by atoms with E-state index < -0.39 is 22.0 Å². The van der Waals surface area contributed by atoms with E-state index in [1.54, 1.807) is 39.0 Å². The Morgan fingerprint density at radius 1 is 1.14 bits per heavy atom. The first-order chi connectivity index (χ1) is 13.2. The molecule has 0 saturated carbocycles. The maximum Gasteiger partial charge on any atom is 0.265 e. The van der Waals surface area contributed by atoms with E-state index in [-0.39, 0.29) is 9.92 Å². The van der Waals surface area contributed by atoms with Crippen LogP contribution in [0.4, 0.5) is 5.69 Å². The van der Waals surface area contributed by atoms with E-state index in [1.165, 1.54) is 16.4 Å². The molecule has 0 saturated heterocycles. The lowest BCUT2D eigenvalue weighted by Crippen LogP contribution is -2.31. The maximum atomic E-state index is 12.8. The zero-order valence-corrected chi connectivity index (χ0v) is 18.0. The molecule has 0 bridgehead atoms. The van der Waals surface area contributed by atoms with Crippen LogP contribution in [-0.4, -0.2) is 37.8 Å². The number of carbonyl (C=O) groups excluding carboxylic acids is 1. The summed E-state index contributed by atoms with van der Waals surface area (Å²) < 4.78 is 32.5. The number of nitrogens with one attached hydrogen (secondary N) is 1. The van der Waals surface area contributed by atoms with Crippen molar-refractivity contribution in [3.63, 3.8) is 0 Å². The largest absolute Gasteiger partial charge is 0.481 e. The highest BCUT2D eigenvalue weighted by Crippen LogP contribution is 2.28. The fourth-order valence-electron chi connectivity index (χ4n) is 2.60. The second-order valence-electron chi connectivity index (χ2n) is 6.30. The molecule has 152 valence electrons. The zero-order chi connectivity index (χ0) is 20.9. The number of halogens is 1. The Kier molecular flexibility index (Phi) is 7.46. The van der Waals surface area contributed by atoms with E-state index in [4.69, 9.17) is 16.3 Å². The highest BCUT2D eigenvalue weighted by Gasteiger charge is 2.25. The molecule has 1 N–H and O–H groups in total. The first kappa shape index (κ1) is 22.2. The second kappa shape index (κ2) is 9.41. The molecular formula is C20H25ClN2O4S. The van der Waals surface area contributed by atoms with Gasteiger partial charge >= 0.3 is 0 Å². The monoisotopic (exact) mass is 424 g/mol. The molecule has 28 heavy (non-hydrogen) atoms. The number of sulfonamides is 1.